The Morgan fingerprint density at radius 3 is 2.58 bits per heavy atom. The van der Waals surface area contributed by atoms with Gasteiger partial charge in [-0.05, 0) is 36.8 Å². The molecule has 0 bridgehead atoms. The smallest absolute Gasteiger partial charge is 0.226 e. The summed E-state index contributed by atoms with van der Waals surface area (Å²) < 4.78 is 14.4. The Balaban J connectivity index is 1.94. The van der Waals surface area contributed by atoms with E-state index >= 15 is 0 Å². The van der Waals surface area contributed by atoms with Crippen molar-refractivity contribution in [3.63, 3.8) is 0 Å². The second kappa shape index (κ2) is 9.39. The van der Waals surface area contributed by atoms with Crippen LogP contribution < -0.4 is 10.2 Å². The van der Waals surface area contributed by atoms with Gasteiger partial charge < -0.3 is 15.3 Å². The van der Waals surface area contributed by atoms with E-state index in [9.17, 15) is 9.18 Å². The van der Waals surface area contributed by atoms with Crippen molar-refractivity contribution in [3.05, 3.63) is 58.8 Å². The summed E-state index contributed by atoms with van der Waals surface area (Å²) in [5, 5.41) is 11.6. The highest BCUT2D eigenvalue weighted by molar-refractivity contribution is 9.10. The number of nitrogens with zero attached hydrogens (tertiary/aromatic N) is 1. The summed E-state index contributed by atoms with van der Waals surface area (Å²) in [7, 11) is 0. The molecule has 2 rings (SSSR count). The molecule has 2 aromatic carbocycles. The number of anilines is 2. The van der Waals surface area contributed by atoms with Crippen LogP contribution in [0.15, 0.2) is 53.0 Å². The third kappa shape index (κ3) is 5.62. The molecule has 0 unspecified atom stereocenters. The lowest BCUT2D eigenvalue weighted by Gasteiger charge is -2.24. The number of hydrogen-bond donors (Lipinski definition) is 2. The van der Waals surface area contributed by atoms with Crippen molar-refractivity contribution >= 4 is 33.2 Å². The molecule has 2 aromatic rings. The summed E-state index contributed by atoms with van der Waals surface area (Å²) in [6.45, 7) is 1.24. The molecule has 1 amide bonds. The minimum absolute atomic E-state index is 0.0969. The molecule has 0 aliphatic heterocycles. The first-order chi connectivity index (χ1) is 11.6. The van der Waals surface area contributed by atoms with Crippen LogP contribution in [0.4, 0.5) is 15.8 Å². The van der Waals surface area contributed by atoms with E-state index in [1.807, 2.05) is 35.2 Å². The molecule has 128 valence electrons. The molecule has 24 heavy (non-hydrogen) atoms. The fraction of sp³-hybridized carbons (Fsp3) is 0.278. The Hall–Kier alpha value is -1.92. The Kier molecular flexibility index (Phi) is 7.21. The van der Waals surface area contributed by atoms with Gasteiger partial charge >= 0.3 is 0 Å². The van der Waals surface area contributed by atoms with E-state index in [2.05, 4.69) is 21.2 Å². The largest absolute Gasteiger partial charge is 0.396 e. The minimum atomic E-state index is -0.474. The van der Waals surface area contributed by atoms with E-state index in [0.29, 0.717) is 24.0 Å². The van der Waals surface area contributed by atoms with Gasteiger partial charge in [0.25, 0.3) is 0 Å². The van der Waals surface area contributed by atoms with Crippen molar-refractivity contribution in [2.45, 2.75) is 12.8 Å². The fourth-order valence-corrected chi connectivity index (χ4v) is 2.64. The van der Waals surface area contributed by atoms with Crippen LogP contribution in [0.3, 0.4) is 0 Å². The summed E-state index contributed by atoms with van der Waals surface area (Å²) in [4.78, 5) is 14.1. The van der Waals surface area contributed by atoms with Crippen molar-refractivity contribution < 1.29 is 14.3 Å². The van der Waals surface area contributed by atoms with E-state index in [4.69, 9.17) is 5.11 Å². The van der Waals surface area contributed by atoms with Gasteiger partial charge in [-0.2, -0.15) is 0 Å². The predicted octanol–water partition coefficient (Wildman–Crippen LogP) is 3.81. The zero-order valence-corrected chi connectivity index (χ0v) is 14.8. The van der Waals surface area contributed by atoms with Gasteiger partial charge in [-0.15, -0.1) is 0 Å². The third-order valence-electron chi connectivity index (χ3n) is 3.52. The summed E-state index contributed by atoms with van der Waals surface area (Å²) in [6, 6.07) is 14.2. The molecule has 0 atom stereocenters. The standard InChI is InChI=1S/C18H20BrFN2O2/c19-14-7-8-17(16(20)13-14)21-18(24)9-11-22(10-4-12-23)15-5-2-1-3-6-15/h1-3,5-8,13,23H,4,9-12H2,(H,21,24). The van der Waals surface area contributed by atoms with Gasteiger partial charge in [0.15, 0.2) is 0 Å². The number of halogens is 2. The van der Waals surface area contributed by atoms with Crippen LogP contribution in [0.2, 0.25) is 0 Å². The highest BCUT2D eigenvalue weighted by Gasteiger charge is 2.11. The molecule has 4 nitrogen and oxygen atoms in total. The van der Waals surface area contributed by atoms with Gasteiger partial charge in [0.2, 0.25) is 5.91 Å². The summed E-state index contributed by atoms with van der Waals surface area (Å²) in [5.41, 5.74) is 1.17. The molecular weight excluding hydrogens is 375 g/mol. The second-order valence-electron chi connectivity index (χ2n) is 5.32. The number of carbonyl (C=O) groups is 1. The summed E-state index contributed by atoms with van der Waals surface area (Å²) in [6.07, 6.45) is 0.855. The Labute approximate surface area is 149 Å². The number of benzene rings is 2. The average molecular weight is 395 g/mol. The van der Waals surface area contributed by atoms with E-state index in [1.54, 1.807) is 6.07 Å². The molecule has 0 radical (unpaired) electrons. The Bertz CT molecular complexity index is 667. The van der Waals surface area contributed by atoms with Crippen molar-refractivity contribution in [2.75, 3.05) is 29.9 Å². The maximum Gasteiger partial charge on any atom is 0.226 e. The maximum atomic E-state index is 13.8. The van der Waals surface area contributed by atoms with Crippen molar-refractivity contribution in [3.8, 4) is 0 Å². The average Bonchev–Trinajstić information content (AvgIpc) is 2.58. The molecule has 0 aliphatic carbocycles. The van der Waals surface area contributed by atoms with E-state index in [-0.39, 0.29) is 24.6 Å². The molecule has 6 heteroatoms. The van der Waals surface area contributed by atoms with Gasteiger partial charge in [0, 0.05) is 36.3 Å². The topological polar surface area (TPSA) is 52.6 Å². The SMILES string of the molecule is O=C(CCN(CCCO)c1ccccc1)Nc1ccc(Br)cc1F. The molecule has 0 spiro atoms. The van der Waals surface area contributed by atoms with Crippen molar-refractivity contribution in [1.29, 1.82) is 0 Å². The van der Waals surface area contributed by atoms with Crippen LogP contribution in [0.1, 0.15) is 12.8 Å². The Morgan fingerprint density at radius 1 is 1.17 bits per heavy atom. The van der Waals surface area contributed by atoms with E-state index in [1.165, 1.54) is 12.1 Å². The van der Waals surface area contributed by atoms with Crippen LogP contribution >= 0.6 is 15.9 Å². The van der Waals surface area contributed by atoms with Crippen LogP contribution in [-0.4, -0.2) is 30.7 Å². The zero-order valence-electron chi connectivity index (χ0n) is 13.2. The molecule has 0 aromatic heterocycles. The molecule has 0 heterocycles. The van der Waals surface area contributed by atoms with Gasteiger partial charge in [-0.1, -0.05) is 34.1 Å². The van der Waals surface area contributed by atoms with Gasteiger partial charge in [-0.25, -0.2) is 4.39 Å². The quantitative estimate of drug-likeness (QED) is 0.715. The first-order valence-electron chi connectivity index (χ1n) is 7.76. The molecule has 0 aliphatic rings. The lowest BCUT2D eigenvalue weighted by Crippen LogP contribution is -2.29. The van der Waals surface area contributed by atoms with Crippen LogP contribution in [0, 0.1) is 5.82 Å². The number of amides is 1. The number of para-hydroxylation sites is 1. The van der Waals surface area contributed by atoms with Gasteiger partial charge in [-0.3, -0.25) is 4.79 Å². The minimum Gasteiger partial charge on any atom is -0.396 e. The molecule has 0 saturated heterocycles. The van der Waals surface area contributed by atoms with Crippen LogP contribution in [0.25, 0.3) is 0 Å². The third-order valence-corrected chi connectivity index (χ3v) is 4.01. The van der Waals surface area contributed by atoms with Crippen LogP contribution in [-0.2, 0) is 4.79 Å². The summed E-state index contributed by atoms with van der Waals surface area (Å²) in [5.74, 6) is -0.723. The zero-order chi connectivity index (χ0) is 17.4. The number of hydrogen-bond acceptors (Lipinski definition) is 3. The number of carbonyl (C=O) groups excluding carboxylic acids is 1. The first kappa shape index (κ1) is 18.4. The molecule has 0 fully saturated rings. The number of nitrogens with one attached hydrogen (secondary N) is 1. The van der Waals surface area contributed by atoms with Gasteiger partial charge in [0.05, 0.1) is 5.69 Å². The fourth-order valence-electron chi connectivity index (χ4n) is 2.31. The van der Waals surface area contributed by atoms with E-state index in [0.717, 1.165) is 5.69 Å². The normalized spacial score (nSPS) is 10.5. The van der Waals surface area contributed by atoms with Crippen molar-refractivity contribution in [2.24, 2.45) is 0 Å². The summed E-state index contributed by atoms with van der Waals surface area (Å²) >= 11 is 3.18. The number of rotatable bonds is 8. The molecule has 2 N–H and O–H groups in total. The van der Waals surface area contributed by atoms with Crippen molar-refractivity contribution in [1.82, 2.24) is 0 Å². The highest BCUT2D eigenvalue weighted by Crippen LogP contribution is 2.20. The number of aliphatic hydroxyl groups excluding tert-OH is 1. The lowest BCUT2D eigenvalue weighted by molar-refractivity contribution is -0.116. The number of aliphatic hydroxyl groups is 1. The predicted molar refractivity (Wildman–Crippen MR) is 97.7 cm³/mol. The first-order valence-corrected chi connectivity index (χ1v) is 8.55. The Morgan fingerprint density at radius 2 is 1.92 bits per heavy atom. The van der Waals surface area contributed by atoms with Gasteiger partial charge in [0.1, 0.15) is 5.82 Å². The molecular formula is C18H20BrFN2O2. The maximum absolute atomic E-state index is 13.8. The molecule has 0 saturated carbocycles. The van der Waals surface area contributed by atoms with Crippen LogP contribution in [0.5, 0.6) is 0 Å². The highest BCUT2D eigenvalue weighted by atomic mass is 79.9. The monoisotopic (exact) mass is 394 g/mol. The second-order valence-corrected chi connectivity index (χ2v) is 6.24. The van der Waals surface area contributed by atoms with E-state index < -0.39 is 5.82 Å². The lowest BCUT2D eigenvalue weighted by atomic mass is 10.2.